The van der Waals surface area contributed by atoms with Gasteiger partial charge >= 0.3 is 5.97 Å². The van der Waals surface area contributed by atoms with Crippen molar-refractivity contribution in [3.63, 3.8) is 0 Å². The minimum Gasteiger partial charge on any atom is -0.481 e. The third-order valence-corrected chi connectivity index (χ3v) is 4.94. The Morgan fingerprint density at radius 2 is 1.71 bits per heavy atom. The van der Waals surface area contributed by atoms with E-state index in [2.05, 4.69) is 5.32 Å². The van der Waals surface area contributed by atoms with Crippen LogP contribution in [0.1, 0.15) is 42.9 Å². The number of amides is 2. The smallest absolute Gasteiger partial charge is 0.303 e. The number of anilines is 1. The molecule has 1 heterocycles. The van der Waals surface area contributed by atoms with Crippen molar-refractivity contribution < 1.29 is 19.5 Å². The van der Waals surface area contributed by atoms with Crippen LogP contribution in [0.5, 0.6) is 0 Å². The first-order valence-electron chi connectivity index (χ1n) is 9.49. The van der Waals surface area contributed by atoms with Crippen LogP contribution in [0.2, 0.25) is 0 Å². The summed E-state index contributed by atoms with van der Waals surface area (Å²) >= 11 is 0. The first-order chi connectivity index (χ1) is 13.5. The molecule has 28 heavy (non-hydrogen) atoms. The Balaban J connectivity index is 1.63. The second-order valence-electron chi connectivity index (χ2n) is 6.89. The third-order valence-electron chi connectivity index (χ3n) is 4.94. The molecule has 6 nitrogen and oxygen atoms in total. The summed E-state index contributed by atoms with van der Waals surface area (Å²) < 4.78 is 0. The number of nitrogens with one attached hydrogen (secondary N) is 1. The molecule has 0 radical (unpaired) electrons. The molecule has 146 valence electrons. The average Bonchev–Trinajstić information content (AvgIpc) is 2.71. The average molecular weight is 380 g/mol. The summed E-state index contributed by atoms with van der Waals surface area (Å²) in [5.41, 5.74) is 2.86. The highest BCUT2D eigenvalue weighted by Gasteiger charge is 2.24. The summed E-state index contributed by atoms with van der Waals surface area (Å²) in [6.45, 7) is 0.308. The number of fused-ring (bicyclic) bond motifs is 1. The molecule has 0 saturated carbocycles. The molecule has 1 unspecified atom stereocenters. The highest BCUT2D eigenvalue weighted by molar-refractivity contribution is 5.97. The molecule has 6 heteroatoms. The van der Waals surface area contributed by atoms with E-state index in [4.69, 9.17) is 5.11 Å². The third kappa shape index (κ3) is 4.97. The van der Waals surface area contributed by atoms with Crippen LogP contribution < -0.4 is 10.2 Å². The van der Waals surface area contributed by atoms with Gasteiger partial charge in [-0.15, -0.1) is 0 Å². The van der Waals surface area contributed by atoms with Crippen LogP contribution in [0, 0.1) is 0 Å². The van der Waals surface area contributed by atoms with E-state index < -0.39 is 5.97 Å². The van der Waals surface area contributed by atoms with Gasteiger partial charge in [-0.05, 0) is 30.0 Å². The second kappa shape index (κ2) is 9.17. The largest absolute Gasteiger partial charge is 0.481 e. The Kier molecular flexibility index (Phi) is 6.42. The standard InChI is InChI=1S/C22H24N2O4/c25-20(23-18(11-13-22(27)28)16-6-2-1-3-7-16)14-15-24-19-9-5-4-8-17(19)10-12-21(24)26/h1-9,18H,10-15H2,(H,23,25)(H,27,28). The van der Waals surface area contributed by atoms with Crippen molar-refractivity contribution in [2.75, 3.05) is 11.4 Å². The predicted octanol–water partition coefficient (Wildman–Crippen LogP) is 3.08. The number of rotatable bonds is 8. The van der Waals surface area contributed by atoms with Crippen molar-refractivity contribution in [1.82, 2.24) is 5.32 Å². The summed E-state index contributed by atoms with van der Waals surface area (Å²) in [4.78, 5) is 37.5. The zero-order valence-electron chi connectivity index (χ0n) is 15.6. The van der Waals surface area contributed by atoms with E-state index in [0.717, 1.165) is 23.2 Å². The monoisotopic (exact) mass is 380 g/mol. The summed E-state index contributed by atoms with van der Waals surface area (Å²) in [6.07, 6.45) is 1.62. The highest BCUT2D eigenvalue weighted by Crippen LogP contribution is 2.27. The van der Waals surface area contributed by atoms with Gasteiger partial charge in [0.2, 0.25) is 11.8 Å². The van der Waals surface area contributed by atoms with Gasteiger partial charge in [0.25, 0.3) is 0 Å². The fraction of sp³-hybridized carbons (Fsp3) is 0.318. The number of aryl methyl sites for hydroxylation is 1. The number of para-hydroxylation sites is 1. The summed E-state index contributed by atoms with van der Waals surface area (Å²) in [5.74, 6) is -1.07. The van der Waals surface area contributed by atoms with Gasteiger partial charge in [-0.3, -0.25) is 14.4 Å². The van der Waals surface area contributed by atoms with E-state index >= 15 is 0 Å². The van der Waals surface area contributed by atoms with E-state index in [-0.39, 0.29) is 30.7 Å². The highest BCUT2D eigenvalue weighted by atomic mass is 16.4. The van der Waals surface area contributed by atoms with Crippen LogP contribution in [0.25, 0.3) is 0 Å². The first kappa shape index (κ1) is 19.6. The molecule has 0 bridgehead atoms. The first-order valence-corrected chi connectivity index (χ1v) is 9.49. The van der Waals surface area contributed by atoms with Gasteiger partial charge in [-0.1, -0.05) is 48.5 Å². The summed E-state index contributed by atoms with van der Waals surface area (Å²) in [5, 5.41) is 11.9. The number of nitrogens with zero attached hydrogens (tertiary/aromatic N) is 1. The number of hydrogen-bond donors (Lipinski definition) is 2. The van der Waals surface area contributed by atoms with E-state index in [9.17, 15) is 14.4 Å². The molecule has 0 aromatic heterocycles. The lowest BCUT2D eigenvalue weighted by Gasteiger charge is -2.29. The lowest BCUT2D eigenvalue weighted by molar-refractivity contribution is -0.137. The number of carboxylic acids is 1. The van der Waals surface area contributed by atoms with Gasteiger partial charge in [-0.25, -0.2) is 0 Å². The maximum Gasteiger partial charge on any atom is 0.303 e. The lowest BCUT2D eigenvalue weighted by atomic mass is 10.0. The lowest BCUT2D eigenvalue weighted by Crippen LogP contribution is -2.38. The zero-order valence-corrected chi connectivity index (χ0v) is 15.6. The molecule has 1 atom stereocenters. The van der Waals surface area contributed by atoms with Gasteiger partial charge in [0.15, 0.2) is 0 Å². The van der Waals surface area contributed by atoms with Gasteiger partial charge in [0.1, 0.15) is 0 Å². The quantitative estimate of drug-likeness (QED) is 0.737. The summed E-state index contributed by atoms with van der Waals surface area (Å²) in [6, 6.07) is 16.7. The number of carbonyl (C=O) groups is 3. The van der Waals surface area contributed by atoms with Crippen molar-refractivity contribution in [3.8, 4) is 0 Å². The maximum atomic E-state index is 12.5. The molecule has 2 aromatic rings. The van der Waals surface area contributed by atoms with Crippen LogP contribution in [0.4, 0.5) is 5.69 Å². The molecule has 0 spiro atoms. The minimum absolute atomic E-state index is 0.0250. The topological polar surface area (TPSA) is 86.7 Å². The van der Waals surface area contributed by atoms with Gasteiger partial charge in [0, 0.05) is 31.5 Å². The van der Waals surface area contributed by atoms with Crippen LogP contribution >= 0.6 is 0 Å². The fourth-order valence-electron chi connectivity index (χ4n) is 3.50. The zero-order chi connectivity index (χ0) is 19.9. The van der Waals surface area contributed by atoms with E-state index in [1.165, 1.54) is 0 Å². The number of carbonyl (C=O) groups excluding carboxylic acids is 2. The van der Waals surface area contributed by atoms with E-state index in [1.807, 2.05) is 54.6 Å². The van der Waals surface area contributed by atoms with Gasteiger partial charge in [-0.2, -0.15) is 0 Å². The van der Waals surface area contributed by atoms with Crippen molar-refractivity contribution in [2.24, 2.45) is 0 Å². The molecule has 0 saturated heterocycles. The number of benzene rings is 2. The maximum absolute atomic E-state index is 12.5. The molecule has 2 aromatic carbocycles. The van der Waals surface area contributed by atoms with E-state index in [0.29, 0.717) is 19.4 Å². The molecule has 1 aliphatic heterocycles. The number of hydrogen-bond acceptors (Lipinski definition) is 3. The van der Waals surface area contributed by atoms with Crippen molar-refractivity contribution in [2.45, 2.75) is 38.1 Å². The predicted molar refractivity (Wildman–Crippen MR) is 106 cm³/mol. The molecule has 0 aliphatic carbocycles. The number of carboxylic acid groups (broad SMARTS) is 1. The van der Waals surface area contributed by atoms with Crippen LogP contribution in [0.15, 0.2) is 54.6 Å². The van der Waals surface area contributed by atoms with Gasteiger partial charge in [0.05, 0.1) is 6.04 Å². The molecular weight excluding hydrogens is 356 g/mol. The molecule has 2 amide bonds. The molecule has 1 aliphatic rings. The Labute approximate surface area is 164 Å². The Hall–Kier alpha value is -3.15. The van der Waals surface area contributed by atoms with E-state index in [1.54, 1.807) is 4.90 Å². The minimum atomic E-state index is -0.897. The van der Waals surface area contributed by atoms with Crippen molar-refractivity contribution in [3.05, 3.63) is 65.7 Å². The van der Waals surface area contributed by atoms with Crippen molar-refractivity contribution >= 4 is 23.5 Å². The molecule has 3 rings (SSSR count). The van der Waals surface area contributed by atoms with Crippen molar-refractivity contribution in [1.29, 1.82) is 0 Å². The van der Waals surface area contributed by atoms with Crippen LogP contribution in [-0.4, -0.2) is 29.4 Å². The molecule has 0 fully saturated rings. The molecule has 2 N–H and O–H groups in total. The normalized spacial score (nSPS) is 14.3. The Morgan fingerprint density at radius 1 is 1.00 bits per heavy atom. The molecular formula is C22H24N2O4. The Morgan fingerprint density at radius 3 is 2.46 bits per heavy atom. The number of aliphatic carboxylic acids is 1. The SMILES string of the molecule is O=C(O)CCC(NC(=O)CCN1C(=O)CCc2ccccc21)c1ccccc1. The van der Waals surface area contributed by atoms with Gasteiger partial charge < -0.3 is 15.3 Å². The second-order valence-corrected chi connectivity index (χ2v) is 6.89. The summed E-state index contributed by atoms with van der Waals surface area (Å²) in [7, 11) is 0. The fourth-order valence-corrected chi connectivity index (χ4v) is 3.50. The van der Waals surface area contributed by atoms with Crippen LogP contribution in [-0.2, 0) is 20.8 Å². The Bertz CT molecular complexity index is 851. The van der Waals surface area contributed by atoms with Crippen LogP contribution in [0.3, 0.4) is 0 Å².